The SMILES string of the molecule is N#C/C(=C\c1ccc(-c2ccccc2[N+](=O)[O-])o1)C(=O)Nc1cc(C(F)(F)F)cc(C(F)(F)F)c1. The Morgan fingerprint density at radius 1 is 1.00 bits per heavy atom. The van der Waals surface area contributed by atoms with E-state index in [0.29, 0.717) is 12.1 Å². The van der Waals surface area contributed by atoms with Gasteiger partial charge in [-0.15, -0.1) is 0 Å². The van der Waals surface area contributed by atoms with Gasteiger partial charge in [0.15, 0.2) is 0 Å². The molecule has 0 aliphatic rings. The van der Waals surface area contributed by atoms with Gasteiger partial charge in [-0.05, 0) is 36.4 Å². The van der Waals surface area contributed by atoms with Crippen molar-refractivity contribution in [2.75, 3.05) is 5.32 Å². The highest BCUT2D eigenvalue weighted by Crippen LogP contribution is 2.37. The van der Waals surface area contributed by atoms with Gasteiger partial charge in [-0.25, -0.2) is 0 Å². The van der Waals surface area contributed by atoms with Gasteiger partial charge in [0.2, 0.25) is 0 Å². The molecular weight excluding hydrogens is 484 g/mol. The number of nitriles is 1. The molecule has 0 atom stereocenters. The predicted molar refractivity (Wildman–Crippen MR) is 109 cm³/mol. The summed E-state index contributed by atoms with van der Waals surface area (Å²) in [7, 11) is 0. The summed E-state index contributed by atoms with van der Waals surface area (Å²) in [6, 6.07) is 10.1. The van der Waals surface area contributed by atoms with Gasteiger partial charge < -0.3 is 9.73 Å². The molecule has 3 rings (SSSR count). The second-order valence-corrected chi connectivity index (χ2v) is 6.89. The number of furan rings is 1. The second kappa shape index (κ2) is 9.34. The van der Waals surface area contributed by atoms with E-state index in [1.165, 1.54) is 42.5 Å². The van der Waals surface area contributed by atoms with Crippen LogP contribution in [0.2, 0.25) is 0 Å². The van der Waals surface area contributed by atoms with Crippen LogP contribution in [0.3, 0.4) is 0 Å². The molecule has 13 heteroatoms. The van der Waals surface area contributed by atoms with Crippen LogP contribution in [-0.2, 0) is 17.1 Å². The van der Waals surface area contributed by atoms with Crippen LogP contribution in [0.4, 0.5) is 37.7 Å². The van der Waals surface area contributed by atoms with E-state index < -0.39 is 45.6 Å². The van der Waals surface area contributed by atoms with Crippen molar-refractivity contribution in [2.45, 2.75) is 12.4 Å². The third-order valence-electron chi connectivity index (χ3n) is 4.49. The standard InChI is InChI=1S/C22H11F6N3O4/c23-21(24,25)13-8-14(22(26,27)28)10-15(9-13)30-20(32)12(11-29)7-16-5-6-19(35-16)17-3-1-2-4-18(17)31(33)34/h1-10H,(H,30,32)/b12-7+. The average molecular weight is 495 g/mol. The number of nitrogens with one attached hydrogen (secondary N) is 1. The van der Waals surface area contributed by atoms with Crippen LogP contribution in [0.5, 0.6) is 0 Å². The van der Waals surface area contributed by atoms with E-state index >= 15 is 0 Å². The highest BCUT2D eigenvalue weighted by atomic mass is 19.4. The number of carbonyl (C=O) groups is 1. The summed E-state index contributed by atoms with van der Waals surface area (Å²) in [6.45, 7) is 0. The fourth-order valence-electron chi connectivity index (χ4n) is 2.93. The first-order valence-electron chi connectivity index (χ1n) is 9.36. The van der Waals surface area contributed by atoms with Crippen LogP contribution in [0.15, 0.2) is 64.6 Å². The molecule has 0 saturated carbocycles. The molecule has 1 aromatic heterocycles. The molecular formula is C22H11F6N3O4. The number of anilines is 1. The molecule has 0 aliphatic heterocycles. The minimum absolute atomic E-state index is 0.0222. The van der Waals surface area contributed by atoms with Gasteiger partial charge in [0.25, 0.3) is 11.6 Å². The Morgan fingerprint density at radius 2 is 1.60 bits per heavy atom. The third kappa shape index (κ3) is 5.85. The molecule has 0 bridgehead atoms. The summed E-state index contributed by atoms with van der Waals surface area (Å²) >= 11 is 0. The number of nitrogens with zero attached hydrogens (tertiary/aromatic N) is 2. The fraction of sp³-hybridized carbons (Fsp3) is 0.0909. The van der Waals surface area contributed by atoms with Gasteiger partial charge in [-0.2, -0.15) is 31.6 Å². The molecule has 35 heavy (non-hydrogen) atoms. The van der Waals surface area contributed by atoms with Crippen molar-refractivity contribution in [3.05, 3.63) is 87.2 Å². The number of amides is 1. The number of benzene rings is 2. The zero-order valence-corrected chi connectivity index (χ0v) is 17.1. The van der Waals surface area contributed by atoms with E-state index in [1.807, 2.05) is 5.32 Å². The van der Waals surface area contributed by atoms with E-state index in [9.17, 15) is 46.5 Å². The van der Waals surface area contributed by atoms with Crippen molar-refractivity contribution in [1.29, 1.82) is 5.26 Å². The maximum Gasteiger partial charge on any atom is 0.416 e. The molecule has 7 nitrogen and oxygen atoms in total. The normalized spacial score (nSPS) is 12.2. The topological polar surface area (TPSA) is 109 Å². The lowest BCUT2D eigenvalue weighted by Crippen LogP contribution is -2.16. The molecule has 0 saturated heterocycles. The number of carbonyl (C=O) groups excluding carboxylic acids is 1. The summed E-state index contributed by atoms with van der Waals surface area (Å²) in [4.78, 5) is 22.9. The highest BCUT2D eigenvalue weighted by molar-refractivity contribution is 6.09. The molecule has 0 radical (unpaired) electrons. The average Bonchev–Trinajstić information content (AvgIpc) is 3.24. The third-order valence-corrected chi connectivity index (χ3v) is 4.49. The summed E-state index contributed by atoms with van der Waals surface area (Å²) in [5.74, 6) is -1.40. The molecule has 0 aliphatic carbocycles. The quantitative estimate of drug-likeness (QED) is 0.144. The highest BCUT2D eigenvalue weighted by Gasteiger charge is 2.37. The number of halogens is 6. The number of hydrogen-bond donors (Lipinski definition) is 1. The zero-order valence-electron chi connectivity index (χ0n) is 17.1. The first-order valence-corrected chi connectivity index (χ1v) is 9.36. The number of alkyl halides is 6. The predicted octanol–water partition coefficient (Wildman–Crippen LogP) is 6.44. The molecule has 0 fully saturated rings. The Balaban J connectivity index is 1.92. The maximum atomic E-state index is 13.0. The Bertz CT molecular complexity index is 1330. The van der Waals surface area contributed by atoms with Crippen molar-refractivity contribution in [3.63, 3.8) is 0 Å². The molecule has 0 spiro atoms. The van der Waals surface area contributed by atoms with Crippen molar-refractivity contribution < 1.29 is 40.5 Å². The van der Waals surface area contributed by atoms with Gasteiger partial charge in [-0.3, -0.25) is 14.9 Å². The van der Waals surface area contributed by atoms with Crippen molar-refractivity contribution >= 4 is 23.4 Å². The summed E-state index contributed by atoms with van der Waals surface area (Å²) < 4.78 is 83.5. The number of nitro benzene ring substituents is 1. The largest absolute Gasteiger partial charge is 0.456 e. The summed E-state index contributed by atoms with van der Waals surface area (Å²) in [6.07, 6.45) is -9.37. The molecule has 0 unspecified atom stereocenters. The van der Waals surface area contributed by atoms with Crippen molar-refractivity contribution in [3.8, 4) is 17.4 Å². The first-order chi connectivity index (χ1) is 16.3. The Morgan fingerprint density at radius 3 is 2.14 bits per heavy atom. The monoisotopic (exact) mass is 495 g/mol. The lowest BCUT2D eigenvalue weighted by molar-refractivity contribution is -0.384. The summed E-state index contributed by atoms with van der Waals surface area (Å²) in [5.41, 5.74) is -5.02. The lowest BCUT2D eigenvalue weighted by Gasteiger charge is -2.14. The Kier molecular flexibility index (Phi) is 6.68. The Labute approximate surface area is 192 Å². The smallest absolute Gasteiger partial charge is 0.416 e. The number of rotatable bonds is 5. The maximum absolute atomic E-state index is 13.0. The minimum atomic E-state index is -5.13. The molecule has 180 valence electrons. The summed E-state index contributed by atoms with van der Waals surface area (Å²) in [5, 5.41) is 22.3. The van der Waals surface area contributed by atoms with E-state index in [0.717, 1.165) is 6.08 Å². The number of hydrogen-bond acceptors (Lipinski definition) is 5. The van der Waals surface area contributed by atoms with E-state index in [2.05, 4.69) is 0 Å². The van der Waals surface area contributed by atoms with Gasteiger partial charge in [0.1, 0.15) is 23.2 Å². The second-order valence-electron chi connectivity index (χ2n) is 6.89. The van der Waals surface area contributed by atoms with Crippen LogP contribution in [-0.4, -0.2) is 10.8 Å². The molecule has 2 aromatic carbocycles. The van der Waals surface area contributed by atoms with Crippen molar-refractivity contribution in [2.24, 2.45) is 0 Å². The first kappa shape index (κ1) is 25.0. The number of para-hydroxylation sites is 1. The van der Waals surface area contributed by atoms with Crippen LogP contribution in [0, 0.1) is 21.4 Å². The van der Waals surface area contributed by atoms with Gasteiger partial charge in [0.05, 0.1) is 21.6 Å². The van der Waals surface area contributed by atoms with E-state index in [-0.39, 0.29) is 28.8 Å². The van der Waals surface area contributed by atoms with Crippen LogP contribution < -0.4 is 5.32 Å². The minimum Gasteiger partial charge on any atom is -0.456 e. The van der Waals surface area contributed by atoms with Crippen LogP contribution >= 0.6 is 0 Å². The van der Waals surface area contributed by atoms with Crippen LogP contribution in [0.25, 0.3) is 17.4 Å². The van der Waals surface area contributed by atoms with Gasteiger partial charge >= 0.3 is 12.4 Å². The van der Waals surface area contributed by atoms with E-state index in [1.54, 1.807) is 0 Å². The zero-order chi connectivity index (χ0) is 26.0. The van der Waals surface area contributed by atoms with Gasteiger partial charge in [-0.1, -0.05) is 12.1 Å². The molecule has 1 heterocycles. The van der Waals surface area contributed by atoms with Crippen molar-refractivity contribution in [1.82, 2.24) is 0 Å². The van der Waals surface area contributed by atoms with Crippen LogP contribution in [0.1, 0.15) is 16.9 Å². The lowest BCUT2D eigenvalue weighted by atomic mass is 10.1. The van der Waals surface area contributed by atoms with Gasteiger partial charge in [0, 0.05) is 17.8 Å². The van der Waals surface area contributed by atoms with E-state index in [4.69, 9.17) is 4.42 Å². The fourth-order valence-corrected chi connectivity index (χ4v) is 2.93. The Hall–Kier alpha value is -4.60. The molecule has 1 N–H and O–H groups in total. The molecule has 1 amide bonds. The molecule has 3 aromatic rings. The number of nitro groups is 1.